The molecule has 0 saturated carbocycles. The summed E-state index contributed by atoms with van der Waals surface area (Å²) in [6, 6.07) is 15.1. The summed E-state index contributed by atoms with van der Waals surface area (Å²) in [5, 5.41) is 19.8. The molecule has 0 fully saturated rings. The average Bonchev–Trinajstić information content (AvgIpc) is 2.96. The van der Waals surface area contributed by atoms with E-state index in [2.05, 4.69) is 6.92 Å². The number of aromatic nitrogens is 2. The van der Waals surface area contributed by atoms with E-state index in [-0.39, 0.29) is 6.61 Å². The standard InChI is InChI=1S/C22H28ClN3O2/c1-2-3-4-7-14-25-20-8-5-6-9-21(20)26(22(25)24)15-18(27)16-28-19-12-10-17(23)11-13-19/h5-6,8-13,18,24,27H,2-4,7,14-16H2,1H3. The Kier molecular flexibility index (Phi) is 7.18. The van der Waals surface area contributed by atoms with Crippen LogP contribution in [0.3, 0.4) is 0 Å². The first kappa shape index (κ1) is 20.5. The second-order valence-corrected chi connectivity index (χ2v) is 7.49. The zero-order valence-electron chi connectivity index (χ0n) is 16.3. The van der Waals surface area contributed by atoms with Crippen LogP contribution in [0.25, 0.3) is 11.0 Å². The summed E-state index contributed by atoms with van der Waals surface area (Å²) in [5.41, 5.74) is 2.42. The maximum atomic E-state index is 10.5. The zero-order valence-corrected chi connectivity index (χ0v) is 17.0. The van der Waals surface area contributed by atoms with Crippen molar-refractivity contribution >= 4 is 22.6 Å². The van der Waals surface area contributed by atoms with Gasteiger partial charge in [-0.25, -0.2) is 0 Å². The molecule has 0 aliphatic carbocycles. The molecule has 0 radical (unpaired) electrons. The highest BCUT2D eigenvalue weighted by molar-refractivity contribution is 6.30. The number of hydrogen-bond donors (Lipinski definition) is 2. The van der Waals surface area contributed by atoms with E-state index in [9.17, 15) is 5.11 Å². The van der Waals surface area contributed by atoms with Crippen molar-refractivity contribution in [3.05, 3.63) is 59.2 Å². The van der Waals surface area contributed by atoms with Crippen LogP contribution >= 0.6 is 11.6 Å². The predicted octanol–water partition coefficient (Wildman–Crippen LogP) is 4.60. The van der Waals surface area contributed by atoms with Crippen LogP contribution in [0.4, 0.5) is 0 Å². The molecule has 1 unspecified atom stereocenters. The average molecular weight is 402 g/mol. The molecule has 3 aromatic rings. The van der Waals surface area contributed by atoms with Gasteiger partial charge in [0.1, 0.15) is 18.5 Å². The second-order valence-electron chi connectivity index (χ2n) is 7.05. The first-order valence-electron chi connectivity index (χ1n) is 9.89. The minimum Gasteiger partial charge on any atom is -0.491 e. The van der Waals surface area contributed by atoms with Crippen LogP contribution in [-0.2, 0) is 13.1 Å². The Balaban J connectivity index is 1.72. The quantitative estimate of drug-likeness (QED) is 0.488. The first-order chi connectivity index (χ1) is 13.6. The molecule has 150 valence electrons. The second kappa shape index (κ2) is 9.80. The highest BCUT2D eigenvalue weighted by Crippen LogP contribution is 2.17. The molecular formula is C22H28ClN3O2. The van der Waals surface area contributed by atoms with Crippen molar-refractivity contribution in [1.82, 2.24) is 9.13 Å². The van der Waals surface area contributed by atoms with E-state index < -0.39 is 6.10 Å². The predicted molar refractivity (Wildman–Crippen MR) is 113 cm³/mol. The first-order valence-corrected chi connectivity index (χ1v) is 10.3. The van der Waals surface area contributed by atoms with Gasteiger partial charge in [-0.05, 0) is 42.8 Å². The normalized spacial score (nSPS) is 12.4. The Morgan fingerprint density at radius 3 is 2.36 bits per heavy atom. The van der Waals surface area contributed by atoms with Gasteiger partial charge in [0, 0.05) is 11.6 Å². The smallest absolute Gasteiger partial charge is 0.203 e. The summed E-state index contributed by atoms with van der Waals surface area (Å²) < 4.78 is 9.56. The Hall–Kier alpha value is -2.24. The lowest BCUT2D eigenvalue weighted by molar-refractivity contribution is 0.0921. The number of hydrogen-bond acceptors (Lipinski definition) is 3. The molecule has 6 heteroatoms. The van der Waals surface area contributed by atoms with Crippen LogP contribution in [0.1, 0.15) is 32.6 Å². The summed E-state index contributed by atoms with van der Waals surface area (Å²) in [5.74, 6) is 0.665. The topological polar surface area (TPSA) is 63.2 Å². The lowest BCUT2D eigenvalue weighted by Crippen LogP contribution is -2.31. The number of ether oxygens (including phenoxy) is 1. The summed E-state index contributed by atoms with van der Waals surface area (Å²) in [6.45, 7) is 3.49. The van der Waals surface area contributed by atoms with Crippen molar-refractivity contribution in [2.75, 3.05) is 6.61 Å². The monoisotopic (exact) mass is 401 g/mol. The summed E-state index contributed by atoms with van der Waals surface area (Å²) in [7, 11) is 0. The number of unbranched alkanes of at least 4 members (excludes halogenated alkanes) is 3. The van der Waals surface area contributed by atoms with Gasteiger partial charge >= 0.3 is 0 Å². The van der Waals surface area contributed by atoms with Gasteiger partial charge in [-0.15, -0.1) is 0 Å². The van der Waals surface area contributed by atoms with Crippen LogP contribution in [-0.4, -0.2) is 27.0 Å². The van der Waals surface area contributed by atoms with Crippen molar-refractivity contribution in [1.29, 1.82) is 5.41 Å². The van der Waals surface area contributed by atoms with Crippen molar-refractivity contribution in [2.45, 2.75) is 51.8 Å². The van der Waals surface area contributed by atoms with Crippen LogP contribution in [0.2, 0.25) is 5.02 Å². The number of nitrogens with one attached hydrogen (secondary N) is 1. The van der Waals surface area contributed by atoms with Gasteiger partial charge in [-0.1, -0.05) is 49.9 Å². The summed E-state index contributed by atoms with van der Waals surface area (Å²) >= 11 is 5.88. The number of imidazole rings is 1. The van der Waals surface area contributed by atoms with Crippen molar-refractivity contribution in [3.8, 4) is 5.75 Å². The maximum Gasteiger partial charge on any atom is 0.203 e. The van der Waals surface area contributed by atoms with E-state index in [1.54, 1.807) is 24.3 Å². The molecule has 5 nitrogen and oxygen atoms in total. The van der Waals surface area contributed by atoms with Crippen molar-refractivity contribution in [3.63, 3.8) is 0 Å². The molecular weight excluding hydrogens is 374 g/mol. The Morgan fingerprint density at radius 1 is 1.00 bits per heavy atom. The number of nitrogens with zero attached hydrogens (tertiary/aromatic N) is 2. The van der Waals surface area contributed by atoms with E-state index >= 15 is 0 Å². The molecule has 0 spiro atoms. The molecule has 0 bridgehead atoms. The number of aliphatic hydroxyl groups excluding tert-OH is 1. The number of benzene rings is 2. The van der Waals surface area contributed by atoms with E-state index in [0.717, 1.165) is 24.0 Å². The number of aryl methyl sites for hydroxylation is 1. The number of halogens is 1. The lowest BCUT2D eigenvalue weighted by Gasteiger charge is -2.14. The van der Waals surface area contributed by atoms with Gasteiger partial charge in [-0.3, -0.25) is 5.41 Å². The fourth-order valence-corrected chi connectivity index (χ4v) is 3.52. The van der Waals surface area contributed by atoms with Gasteiger partial charge < -0.3 is 19.0 Å². The molecule has 1 aromatic heterocycles. The van der Waals surface area contributed by atoms with E-state index in [1.807, 2.05) is 33.4 Å². The van der Waals surface area contributed by atoms with Crippen molar-refractivity contribution in [2.24, 2.45) is 0 Å². The number of fused-ring (bicyclic) bond motifs is 1. The fourth-order valence-electron chi connectivity index (χ4n) is 3.39. The molecule has 2 aromatic carbocycles. The molecule has 1 heterocycles. The fraction of sp³-hybridized carbons (Fsp3) is 0.409. The third-order valence-corrected chi connectivity index (χ3v) is 5.11. The third kappa shape index (κ3) is 4.97. The van der Waals surface area contributed by atoms with Crippen LogP contribution < -0.4 is 10.4 Å². The molecule has 0 aliphatic heterocycles. The highest BCUT2D eigenvalue weighted by Gasteiger charge is 2.14. The van der Waals surface area contributed by atoms with Gasteiger partial charge in [-0.2, -0.15) is 0 Å². The highest BCUT2D eigenvalue weighted by atomic mass is 35.5. The van der Waals surface area contributed by atoms with Crippen LogP contribution in [0.5, 0.6) is 5.75 Å². The Morgan fingerprint density at radius 2 is 1.68 bits per heavy atom. The largest absolute Gasteiger partial charge is 0.491 e. The molecule has 3 rings (SSSR count). The molecule has 1 atom stereocenters. The third-order valence-electron chi connectivity index (χ3n) is 4.86. The van der Waals surface area contributed by atoms with Gasteiger partial charge in [0.15, 0.2) is 0 Å². The number of para-hydroxylation sites is 2. The van der Waals surface area contributed by atoms with Crippen LogP contribution in [0, 0.1) is 5.41 Å². The molecule has 0 aliphatic rings. The minimum atomic E-state index is -0.718. The van der Waals surface area contributed by atoms with Crippen molar-refractivity contribution < 1.29 is 9.84 Å². The molecule has 2 N–H and O–H groups in total. The molecule has 0 saturated heterocycles. The lowest BCUT2D eigenvalue weighted by atomic mass is 10.2. The number of rotatable bonds is 10. The summed E-state index contributed by atoms with van der Waals surface area (Å²) in [6.07, 6.45) is 3.91. The molecule has 0 amide bonds. The minimum absolute atomic E-state index is 0.157. The Bertz CT molecular complexity index is 947. The zero-order chi connectivity index (χ0) is 19.9. The SMILES string of the molecule is CCCCCCn1c(=N)n(CC(O)COc2ccc(Cl)cc2)c2ccccc21. The maximum absolute atomic E-state index is 10.5. The van der Waals surface area contributed by atoms with E-state index in [4.69, 9.17) is 21.7 Å². The summed E-state index contributed by atoms with van der Waals surface area (Å²) in [4.78, 5) is 0. The van der Waals surface area contributed by atoms with Gasteiger partial charge in [0.2, 0.25) is 5.62 Å². The van der Waals surface area contributed by atoms with Gasteiger partial charge in [0.25, 0.3) is 0 Å². The number of aliphatic hydroxyl groups is 1. The van der Waals surface area contributed by atoms with E-state index in [1.165, 1.54) is 19.3 Å². The van der Waals surface area contributed by atoms with Gasteiger partial charge in [0.05, 0.1) is 17.6 Å². The molecule has 28 heavy (non-hydrogen) atoms. The van der Waals surface area contributed by atoms with Crippen LogP contribution in [0.15, 0.2) is 48.5 Å². The Labute approximate surface area is 170 Å². The van der Waals surface area contributed by atoms with E-state index in [0.29, 0.717) is 22.9 Å².